The third-order valence-corrected chi connectivity index (χ3v) is 3.48. The Morgan fingerprint density at radius 2 is 1.86 bits per heavy atom. The molecule has 0 amide bonds. The zero-order valence-corrected chi connectivity index (χ0v) is 10.2. The summed E-state index contributed by atoms with van der Waals surface area (Å²) < 4.78 is 0. The lowest BCUT2D eigenvalue weighted by Crippen LogP contribution is -2.20. The molecule has 0 aromatic carbocycles. The van der Waals surface area contributed by atoms with E-state index < -0.39 is 0 Å². The third-order valence-electron chi connectivity index (χ3n) is 3.48. The Bertz CT molecular complexity index is 136. The number of hydrogen-bond donors (Lipinski definition) is 2. The van der Waals surface area contributed by atoms with E-state index in [4.69, 9.17) is 11.5 Å². The molecule has 2 nitrogen and oxygen atoms in total. The van der Waals surface area contributed by atoms with Crippen LogP contribution in [0.5, 0.6) is 0 Å². The van der Waals surface area contributed by atoms with E-state index >= 15 is 0 Å². The molecule has 0 aliphatic rings. The van der Waals surface area contributed by atoms with Crippen LogP contribution in [0.25, 0.3) is 0 Å². The van der Waals surface area contributed by atoms with Crippen LogP contribution in [0.3, 0.4) is 0 Å². The van der Waals surface area contributed by atoms with Crippen LogP contribution in [-0.4, -0.2) is 13.1 Å². The van der Waals surface area contributed by atoms with Crippen molar-refractivity contribution in [2.45, 2.75) is 52.9 Å². The summed E-state index contributed by atoms with van der Waals surface area (Å²) >= 11 is 0. The van der Waals surface area contributed by atoms with E-state index in [0.29, 0.717) is 11.3 Å². The molecule has 4 N–H and O–H groups in total. The molecule has 0 radical (unpaired) electrons. The van der Waals surface area contributed by atoms with Crippen molar-refractivity contribution >= 4 is 0 Å². The lowest BCUT2D eigenvalue weighted by molar-refractivity contribution is 0.250. The van der Waals surface area contributed by atoms with Crippen molar-refractivity contribution in [1.82, 2.24) is 0 Å². The van der Waals surface area contributed by atoms with Gasteiger partial charge in [-0.3, -0.25) is 0 Å². The second kappa shape index (κ2) is 7.24. The number of rotatable bonds is 8. The van der Waals surface area contributed by atoms with Crippen molar-refractivity contribution in [2.75, 3.05) is 13.1 Å². The maximum absolute atomic E-state index is 5.63. The fraction of sp³-hybridized carbons (Fsp3) is 1.00. The van der Waals surface area contributed by atoms with Crippen LogP contribution in [0.15, 0.2) is 0 Å². The summed E-state index contributed by atoms with van der Waals surface area (Å²) in [5.41, 5.74) is 11.7. The molecule has 0 aromatic rings. The van der Waals surface area contributed by atoms with Gasteiger partial charge in [0.1, 0.15) is 0 Å². The van der Waals surface area contributed by atoms with Gasteiger partial charge in [-0.1, -0.05) is 33.6 Å². The van der Waals surface area contributed by atoms with Crippen molar-refractivity contribution in [3.63, 3.8) is 0 Å². The minimum atomic E-state index is 0.461. The third kappa shape index (κ3) is 5.61. The summed E-state index contributed by atoms with van der Waals surface area (Å²) in [6.45, 7) is 8.48. The first-order valence-corrected chi connectivity index (χ1v) is 5.98. The van der Waals surface area contributed by atoms with E-state index in [-0.39, 0.29) is 0 Å². The molecular formula is C12H28N2. The molecule has 0 bridgehead atoms. The van der Waals surface area contributed by atoms with Crippen LogP contribution in [0.2, 0.25) is 0 Å². The summed E-state index contributed by atoms with van der Waals surface area (Å²) in [6, 6.07) is 0. The molecule has 0 saturated heterocycles. The Hall–Kier alpha value is -0.0800. The van der Waals surface area contributed by atoms with Gasteiger partial charge in [-0.2, -0.15) is 0 Å². The van der Waals surface area contributed by atoms with Crippen molar-refractivity contribution in [2.24, 2.45) is 22.8 Å². The predicted molar refractivity (Wildman–Crippen MR) is 64.1 cm³/mol. The van der Waals surface area contributed by atoms with E-state index in [2.05, 4.69) is 20.8 Å². The van der Waals surface area contributed by atoms with Gasteiger partial charge in [-0.25, -0.2) is 0 Å². The largest absolute Gasteiger partial charge is 0.330 e. The average Bonchev–Trinajstić information content (AvgIpc) is 2.18. The maximum Gasteiger partial charge on any atom is -0.00515 e. The first-order chi connectivity index (χ1) is 6.58. The second-order valence-electron chi connectivity index (χ2n) is 4.94. The van der Waals surface area contributed by atoms with Crippen molar-refractivity contribution in [3.05, 3.63) is 0 Å². The second-order valence-corrected chi connectivity index (χ2v) is 4.94. The molecule has 0 heterocycles. The SMILES string of the molecule is CCC(C)(CCN)CCCC(C)CN. The van der Waals surface area contributed by atoms with Gasteiger partial charge in [0.2, 0.25) is 0 Å². The highest BCUT2D eigenvalue weighted by molar-refractivity contribution is 4.73. The molecule has 0 spiro atoms. The summed E-state index contributed by atoms with van der Waals surface area (Å²) in [7, 11) is 0. The lowest BCUT2D eigenvalue weighted by atomic mass is 9.79. The van der Waals surface area contributed by atoms with Gasteiger partial charge in [-0.15, -0.1) is 0 Å². The zero-order valence-electron chi connectivity index (χ0n) is 10.2. The van der Waals surface area contributed by atoms with Gasteiger partial charge < -0.3 is 11.5 Å². The van der Waals surface area contributed by atoms with Gasteiger partial charge in [-0.05, 0) is 43.7 Å². The topological polar surface area (TPSA) is 52.0 Å². The van der Waals surface area contributed by atoms with Gasteiger partial charge in [0.25, 0.3) is 0 Å². The highest BCUT2D eigenvalue weighted by Gasteiger charge is 2.20. The van der Waals surface area contributed by atoms with Gasteiger partial charge >= 0.3 is 0 Å². The molecular weight excluding hydrogens is 172 g/mol. The molecule has 2 unspecified atom stereocenters. The van der Waals surface area contributed by atoms with Gasteiger partial charge in [0.15, 0.2) is 0 Å². The Kier molecular flexibility index (Phi) is 7.20. The van der Waals surface area contributed by atoms with E-state index in [0.717, 1.165) is 19.5 Å². The molecule has 0 aliphatic heterocycles. The standard InChI is InChI=1S/C12H28N2/c1-4-12(3,8-9-13)7-5-6-11(2)10-14/h11H,4-10,13-14H2,1-3H3. The van der Waals surface area contributed by atoms with Crippen molar-refractivity contribution < 1.29 is 0 Å². The highest BCUT2D eigenvalue weighted by Crippen LogP contribution is 2.31. The molecule has 86 valence electrons. The summed E-state index contributed by atoms with van der Waals surface area (Å²) in [4.78, 5) is 0. The average molecular weight is 200 g/mol. The van der Waals surface area contributed by atoms with E-state index in [9.17, 15) is 0 Å². The van der Waals surface area contributed by atoms with Crippen molar-refractivity contribution in [3.8, 4) is 0 Å². The molecule has 2 atom stereocenters. The minimum Gasteiger partial charge on any atom is -0.330 e. The monoisotopic (exact) mass is 200 g/mol. The normalized spacial score (nSPS) is 17.8. The predicted octanol–water partition coefficient (Wildman–Crippen LogP) is 2.52. The van der Waals surface area contributed by atoms with E-state index in [1.807, 2.05) is 0 Å². The molecule has 0 saturated carbocycles. The zero-order chi connectivity index (χ0) is 11.0. The first-order valence-electron chi connectivity index (χ1n) is 5.98. The van der Waals surface area contributed by atoms with Crippen LogP contribution in [0.4, 0.5) is 0 Å². The lowest BCUT2D eigenvalue weighted by Gasteiger charge is -2.28. The van der Waals surface area contributed by atoms with Crippen LogP contribution < -0.4 is 11.5 Å². The fourth-order valence-electron chi connectivity index (χ4n) is 1.82. The smallest absolute Gasteiger partial charge is 0.00515 e. The maximum atomic E-state index is 5.63. The van der Waals surface area contributed by atoms with Crippen LogP contribution in [0, 0.1) is 11.3 Å². The molecule has 14 heavy (non-hydrogen) atoms. The molecule has 0 aromatic heterocycles. The molecule has 0 rings (SSSR count). The first kappa shape index (κ1) is 13.9. The molecule has 0 aliphatic carbocycles. The van der Waals surface area contributed by atoms with Gasteiger partial charge in [0.05, 0.1) is 0 Å². The highest BCUT2D eigenvalue weighted by atomic mass is 14.5. The Morgan fingerprint density at radius 1 is 1.21 bits per heavy atom. The summed E-state index contributed by atoms with van der Waals surface area (Å²) in [6.07, 6.45) is 6.24. The Morgan fingerprint density at radius 3 is 2.29 bits per heavy atom. The van der Waals surface area contributed by atoms with Crippen LogP contribution in [-0.2, 0) is 0 Å². The van der Waals surface area contributed by atoms with Crippen LogP contribution in [0.1, 0.15) is 52.9 Å². The van der Waals surface area contributed by atoms with E-state index in [1.165, 1.54) is 25.7 Å². The molecule has 2 heteroatoms. The number of nitrogens with two attached hydrogens (primary N) is 2. The van der Waals surface area contributed by atoms with Crippen LogP contribution >= 0.6 is 0 Å². The quantitative estimate of drug-likeness (QED) is 0.632. The fourth-order valence-corrected chi connectivity index (χ4v) is 1.82. The summed E-state index contributed by atoms with van der Waals surface area (Å²) in [5, 5.41) is 0. The summed E-state index contributed by atoms with van der Waals surface area (Å²) in [5.74, 6) is 0.675. The Balaban J connectivity index is 3.72. The molecule has 0 fully saturated rings. The van der Waals surface area contributed by atoms with Crippen molar-refractivity contribution in [1.29, 1.82) is 0 Å². The Labute approximate surface area is 89.4 Å². The number of hydrogen-bond acceptors (Lipinski definition) is 2. The van der Waals surface area contributed by atoms with Gasteiger partial charge in [0, 0.05) is 0 Å². The van der Waals surface area contributed by atoms with E-state index in [1.54, 1.807) is 0 Å². The minimum absolute atomic E-state index is 0.461.